The minimum atomic E-state index is 0.644. The lowest BCUT2D eigenvalue weighted by Gasteiger charge is -1.90. The fraction of sp³-hybridized carbons (Fsp3) is 0.143. The Morgan fingerprint density at radius 2 is 2.36 bits per heavy atom. The molecule has 0 aliphatic rings. The summed E-state index contributed by atoms with van der Waals surface area (Å²) in [6.07, 6.45) is 3.43. The predicted octanol–water partition coefficient (Wildman–Crippen LogP) is 1.92. The minimum Gasteiger partial charge on any atom is -0.357 e. The van der Waals surface area contributed by atoms with Crippen LogP contribution in [0.25, 0.3) is 11.0 Å². The van der Waals surface area contributed by atoms with Gasteiger partial charge in [0.05, 0.1) is 16.7 Å². The number of aromatic nitrogens is 3. The van der Waals surface area contributed by atoms with Gasteiger partial charge in [-0.2, -0.15) is 0 Å². The molecule has 11 heavy (non-hydrogen) atoms. The lowest BCUT2D eigenvalue weighted by atomic mass is 10.4. The van der Waals surface area contributed by atoms with E-state index < -0.39 is 0 Å². The first kappa shape index (κ1) is 6.61. The summed E-state index contributed by atoms with van der Waals surface area (Å²) in [6.45, 7) is 1.84. The van der Waals surface area contributed by atoms with E-state index in [-0.39, 0.29) is 0 Å². The highest BCUT2D eigenvalue weighted by atomic mass is 35.5. The number of hydrogen-bond acceptors (Lipinski definition) is 2. The average Bonchev–Trinajstić information content (AvgIpc) is 2.33. The van der Waals surface area contributed by atoms with Crippen LogP contribution in [0.2, 0.25) is 5.02 Å². The molecule has 0 aliphatic carbocycles. The van der Waals surface area contributed by atoms with E-state index in [1.54, 1.807) is 12.4 Å². The quantitative estimate of drug-likeness (QED) is 0.652. The van der Waals surface area contributed by atoms with Gasteiger partial charge in [0.25, 0.3) is 0 Å². The summed E-state index contributed by atoms with van der Waals surface area (Å²) >= 11 is 5.82. The lowest BCUT2D eigenvalue weighted by Crippen LogP contribution is -1.85. The zero-order valence-electron chi connectivity index (χ0n) is 5.93. The molecule has 0 saturated heterocycles. The maximum absolute atomic E-state index is 5.82. The second-order valence-electron chi connectivity index (χ2n) is 2.32. The van der Waals surface area contributed by atoms with Crippen molar-refractivity contribution in [3.05, 3.63) is 23.2 Å². The van der Waals surface area contributed by atoms with Crippen LogP contribution < -0.4 is 0 Å². The molecule has 0 atom stereocenters. The molecule has 1 N–H and O–H groups in total. The van der Waals surface area contributed by atoms with Crippen LogP contribution in [0.3, 0.4) is 0 Å². The average molecular weight is 168 g/mol. The van der Waals surface area contributed by atoms with Gasteiger partial charge < -0.3 is 4.98 Å². The maximum Gasteiger partial charge on any atom is 0.126 e. The van der Waals surface area contributed by atoms with Crippen molar-refractivity contribution in [2.45, 2.75) is 6.92 Å². The normalized spacial score (nSPS) is 10.7. The topological polar surface area (TPSA) is 41.6 Å². The van der Waals surface area contributed by atoms with Crippen molar-refractivity contribution >= 4 is 22.6 Å². The third-order valence-electron chi connectivity index (χ3n) is 1.49. The first-order chi connectivity index (χ1) is 5.27. The predicted molar refractivity (Wildman–Crippen MR) is 43.6 cm³/mol. The smallest absolute Gasteiger partial charge is 0.126 e. The Morgan fingerprint density at radius 1 is 1.55 bits per heavy atom. The summed E-state index contributed by atoms with van der Waals surface area (Å²) in [4.78, 5) is 11.1. The van der Waals surface area contributed by atoms with Crippen LogP contribution in [0.15, 0.2) is 12.4 Å². The molecule has 0 radical (unpaired) electrons. The van der Waals surface area contributed by atoms with Crippen LogP contribution >= 0.6 is 11.6 Å². The second kappa shape index (κ2) is 2.20. The number of nitrogens with zero attached hydrogens (tertiary/aromatic N) is 2. The summed E-state index contributed by atoms with van der Waals surface area (Å²) in [6, 6.07) is 0. The van der Waals surface area contributed by atoms with Gasteiger partial charge in [-0.15, -0.1) is 0 Å². The van der Waals surface area contributed by atoms with Crippen molar-refractivity contribution in [3.63, 3.8) is 0 Å². The third-order valence-corrected chi connectivity index (χ3v) is 1.78. The molecule has 3 nitrogen and oxygen atoms in total. The van der Waals surface area contributed by atoms with Gasteiger partial charge in [0.15, 0.2) is 0 Å². The van der Waals surface area contributed by atoms with Crippen LogP contribution in [0.5, 0.6) is 0 Å². The number of aromatic amines is 1. The van der Waals surface area contributed by atoms with E-state index in [2.05, 4.69) is 15.0 Å². The van der Waals surface area contributed by atoms with Crippen LogP contribution in [-0.4, -0.2) is 15.0 Å². The third kappa shape index (κ3) is 0.973. The van der Waals surface area contributed by atoms with Gasteiger partial charge in [0.1, 0.15) is 11.3 Å². The first-order valence-corrected chi connectivity index (χ1v) is 3.61. The van der Waals surface area contributed by atoms with E-state index in [0.717, 1.165) is 16.9 Å². The van der Waals surface area contributed by atoms with Crippen LogP contribution in [0.1, 0.15) is 5.82 Å². The molecular formula is C7H6ClN3. The Hall–Kier alpha value is -1.09. The molecule has 2 aromatic heterocycles. The van der Waals surface area contributed by atoms with Gasteiger partial charge in [-0.3, -0.25) is 0 Å². The molecule has 0 amide bonds. The highest BCUT2D eigenvalue weighted by Gasteiger charge is 2.01. The van der Waals surface area contributed by atoms with Gasteiger partial charge in [0.2, 0.25) is 0 Å². The highest BCUT2D eigenvalue weighted by Crippen LogP contribution is 2.19. The molecule has 2 rings (SSSR count). The second-order valence-corrected chi connectivity index (χ2v) is 2.72. The van der Waals surface area contributed by atoms with E-state index in [1.165, 1.54) is 0 Å². The van der Waals surface area contributed by atoms with Gasteiger partial charge in [-0.25, -0.2) is 9.97 Å². The van der Waals surface area contributed by atoms with E-state index in [4.69, 9.17) is 11.6 Å². The molecule has 0 spiro atoms. The van der Waals surface area contributed by atoms with Crippen LogP contribution in [0, 0.1) is 6.92 Å². The summed E-state index contributed by atoms with van der Waals surface area (Å²) in [5.74, 6) is 0.735. The number of nitrogens with one attached hydrogen (secondary N) is 1. The Bertz CT molecular complexity index is 393. The SMILES string of the molecule is Cc1ncc2[nH]cc(Cl)c2n1. The van der Waals surface area contributed by atoms with E-state index >= 15 is 0 Å². The Labute approximate surface area is 68.4 Å². The van der Waals surface area contributed by atoms with Gasteiger partial charge in [0, 0.05) is 6.20 Å². The van der Waals surface area contributed by atoms with Crippen molar-refractivity contribution in [2.24, 2.45) is 0 Å². The van der Waals surface area contributed by atoms with Crippen LogP contribution in [0.4, 0.5) is 0 Å². The van der Waals surface area contributed by atoms with Gasteiger partial charge >= 0.3 is 0 Å². The molecule has 0 aliphatic heterocycles. The first-order valence-electron chi connectivity index (χ1n) is 3.23. The summed E-state index contributed by atoms with van der Waals surface area (Å²) in [5, 5.41) is 0.644. The number of hydrogen-bond donors (Lipinski definition) is 1. The molecule has 56 valence electrons. The molecule has 2 aromatic rings. The Balaban J connectivity index is 2.87. The Kier molecular flexibility index (Phi) is 1.32. The van der Waals surface area contributed by atoms with E-state index in [0.29, 0.717) is 5.02 Å². The fourth-order valence-corrected chi connectivity index (χ4v) is 1.17. The maximum atomic E-state index is 5.82. The number of rotatable bonds is 0. The zero-order chi connectivity index (χ0) is 7.84. The molecule has 0 unspecified atom stereocenters. The van der Waals surface area contributed by atoms with Crippen molar-refractivity contribution in [2.75, 3.05) is 0 Å². The molecule has 2 heterocycles. The lowest BCUT2D eigenvalue weighted by molar-refractivity contribution is 1.09. The fourth-order valence-electron chi connectivity index (χ4n) is 0.967. The number of aryl methyl sites for hydroxylation is 1. The van der Waals surface area contributed by atoms with Crippen molar-refractivity contribution in [1.82, 2.24) is 15.0 Å². The van der Waals surface area contributed by atoms with Crippen LogP contribution in [-0.2, 0) is 0 Å². The summed E-state index contributed by atoms with van der Waals surface area (Å²) in [7, 11) is 0. The Morgan fingerprint density at radius 3 is 3.18 bits per heavy atom. The highest BCUT2D eigenvalue weighted by molar-refractivity contribution is 6.35. The number of H-pyrrole nitrogens is 1. The molecule has 0 fully saturated rings. The van der Waals surface area contributed by atoms with Crippen molar-refractivity contribution in [1.29, 1.82) is 0 Å². The van der Waals surface area contributed by atoms with Gasteiger partial charge in [-0.1, -0.05) is 11.6 Å². The summed E-state index contributed by atoms with van der Waals surface area (Å²) in [5.41, 5.74) is 1.67. The van der Waals surface area contributed by atoms with Crippen molar-refractivity contribution in [3.8, 4) is 0 Å². The van der Waals surface area contributed by atoms with E-state index in [1.807, 2.05) is 6.92 Å². The molecule has 0 aromatic carbocycles. The van der Waals surface area contributed by atoms with Crippen molar-refractivity contribution < 1.29 is 0 Å². The molecular weight excluding hydrogens is 162 g/mol. The largest absolute Gasteiger partial charge is 0.357 e. The monoisotopic (exact) mass is 167 g/mol. The minimum absolute atomic E-state index is 0.644. The number of halogens is 1. The number of fused-ring (bicyclic) bond motifs is 1. The zero-order valence-corrected chi connectivity index (χ0v) is 6.68. The van der Waals surface area contributed by atoms with E-state index in [9.17, 15) is 0 Å². The standard InChI is InChI=1S/C7H6ClN3/c1-4-9-3-6-7(11-4)5(8)2-10-6/h2-3,10H,1H3. The molecule has 0 saturated carbocycles. The molecule has 4 heteroatoms. The van der Waals surface area contributed by atoms with Gasteiger partial charge in [-0.05, 0) is 6.92 Å². The summed E-state index contributed by atoms with van der Waals surface area (Å²) < 4.78 is 0. The molecule has 0 bridgehead atoms.